The standard InChI is InChI=1S/C25H28N4O5/c1-2-29-15-19(24(31)18-12-21-22(13-20(18)29)34-16-33-21)25(32)27-9-5-3-4-6-23(30)28-14-17-7-10-26-11-8-17/h7-8,10-13,15H,2-6,9,14,16H2,1H3,(H,27,32)(H,28,30). The largest absolute Gasteiger partial charge is 0.454 e. The van der Waals surface area contributed by atoms with Crippen LogP contribution < -0.4 is 25.5 Å². The van der Waals surface area contributed by atoms with Gasteiger partial charge in [0.05, 0.1) is 10.9 Å². The van der Waals surface area contributed by atoms with Gasteiger partial charge in [0.25, 0.3) is 5.91 Å². The van der Waals surface area contributed by atoms with Crippen LogP contribution in [0.5, 0.6) is 11.5 Å². The summed E-state index contributed by atoms with van der Waals surface area (Å²) in [5, 5.41) is 6.14. The number of carbonyl (C=O) groups is 2. The smallest absolute Gasteiger partial charge is 0.256 e. The van der Waals surface area contributed by atoms with Gasteiger partial charge in [0.2, 0.25) is 18.1 Å². The van der Waals surface area contributed by atoms with Crippen LogP contribution in [0.1, 0.15) is 48.5 Å². The van der Waals surface area contributed by atoms with Crippen molar-refractivity contribution in [3.8, 4) is 11.5 Å². The second-order valence-electron chi connectivity index (χ2n) is 8.08. The van der Waals surface area contributed by atoms with Gasteiger partial charge in [0.15, 0.2) is 11.5 Å². The summed E-state index contributed by atoms with van der Waals surface area (Å²) in [6.45, 7) is 3.58. The molecule has 1 aromatic carbocycles. The van der Waals surface area contributed by atoms with E-state index >= 15 is 0 Å². The molecule has 34 heavy (non-hydrogen) atoms. The number of aryl methyl sites for hydroxylation is 1. The van der Waals surface area contributed by atoms with Crippen molar-refractivity contribution in [3.63, 3.8) is 0 Å². The molecular weight excluding hydrogens is 436 g/mol. The first-order valence-electron chi connectivity index (χ1n) is 11.5. The fourth-order valence-corrected chi connectivity index (χ4v) is 3.88. The number of ether oxygens (including phenoxy) is 2. The maximum atomic E-state index is 13.0. The van der Waals surface area contributed by atoms with Crippen LogP contribution >= 0.6 is 0 Å². The van der Waals surface area contributed by atoms with Gasteiger partial charge in [-0.2, -0.15) is 0 Å². The molecule has 0 saturated heterocycles. The maximum Gasteiger partial charge on any atom is 0.256 e. The van der Waals surface area contributed by atoms with Crippen LogP contribution in [0.4, 0.5) is 0 Å². The van der Waals surface area contributed by atoms with Crippen molar-refractivity contribution in [2.75, 3.05) is 13.3 Å². The third-order valence-electron chi connectivity index (χ3n) is 5.77. The highest BCUT2D eigenvalue weighted by molar-refractivity contribution is 5.97. The Kier molecular flexibility index (Phi) is 7.41. The third-order valence-corrected chi connectivity index (χ3v) is 5.77. The summed E-state index contributed by atoms with van der Waals surface area (Å²) in [7, 11) is 0. The monoisotopic (exact) mass is 464 g/mol. The molecule has 0 bridgehead atoms. The summed E-state index contributed by atoms with van der Waals surface area (Å²) in [6, 6.07) is 7.14. The van der Waals surface area contributed by atoms with E-state index in [1.807, 2.05) is 23.6 Å². The number of rotatable bonds is 10. The molecule has 0 spiro atoms. The number of fused-ring (bicyclic) bond motifs is 2. The highest BCUT2D eigenvalue weighted by atomic mass is 16.7. The fraction of sp³-hybridized carbons (Fsp3) is 0.360. The summed E-state index contributed by atoms with van der Waals surface area (Å²) in [6.07, 6.45) is 7.65. The van der Waals surface area contributed by atoms with Gasteiger partial charge in [-0.05, 0) is 43.5 Å². The molecule has 178 valence electrons. The number of nitrogens with one attached hydrogen (secondary N) is 2. The van der Waals surface area contributed by atoms with Crippen molar-refractivity contribution in [2.24, 2.45) is 0 Å². The van der Waals surface area contributed by atoms with Gasteiger partial charge < -0.3 is 24.7 Å². The molecule has 9 nitrogen and oxygen atoms in total. The first-order valence-corrected chi connectivity index (χ1v) is 11.5. The lowest BCUT2D eigenvalue weighted by atomic mass is 10.1. The first-order chi connectivity index (χ1) is 16.6. The maximum absolute atomic E-state index is 13.0. The van der Waals surface area contributed by atoms with Crippen LogP contribution in [0, 0.1) is 0 Å². The minimum Gasteiger partial charge on any atom is -0.454 e. The summed E-state index contributed by atoms with van der Waals surface area (Å²) < 4.78 is 12.7. The van der Waals surface area contributed by atoms with Gasteiger partial charge in [-0.3, -0.25) is 19.4 Å². The first kappa shape index (κ1) is 23.3. The van der Waals surface area contributed by atoms with Gasteiger partial charge in [-0.1, -0.05) is 6.42 Å². The molecule has 4 rings (SSSR count). The molecule has 0 saturated carbocycles. The molecule has 1 aliphatic rings. The van der Waals surface area contributed by atoms with Crippen molar-refractivity contribution in [2.45, 2.75) is 45.7 Å². The molecule has 0 aliphatic carbocycles. The van der Waals surface area contributed by atoms with Gasteiger partial charge >= 0.3 is 0 Å². The van der Waals surface area contributed by atoms with Gasteiger partial charge in [-0.15, -0.1) is 0 Å². The molecule has 0 radical (unpaired) electrons. The number of pyridine rings is 2. The van der Waals surface area contributed by atoms with E-state index in [0.29, 0.717) is 48.5 Å². The quantitative estimate of drug-likeness (QED) is 0.446. The zero-order valence-electron chi connectivity index (χ0n) is 19.1. The van der Waals surface area contributed by atoms with Gasteiger partial charge in [-0.25, -0.2) is 0 Å². The van der Waals surface area contributed by atoms with Crippen LogP contribution in [-0.4, -0.2) is 34.7 Å². The number of benzene rings is 1. The Morgan fingerprint density at radius 2 is 1.82 bits per heavy atom. The van der Waals surface area contributed by atoms with Gasteiger partial charge in [0.1, 0.15) is 5.56 Å². The van der Waals surface area contributed by atoms with E-state index in [4.69, 9.17) is 9.47 Å². The lowest BCUT2D eigenvalue weighted by molar-refractivity contribution is -0.121. The fourth-order valence-electron chi connectivity index (χ4n) is 3.88. The molecular formula is C25H28N4O5. The Labute approximate surface area is 197 Å². The Morgan fingerprint density at radius 1 is 1.06 bits per heavy atom. The zero-order chi connectivity index (χ0) is 23.9. The molecule has 2 aromatic heterocycles. The summed E-state index contributed by atoms with van der Waals surface area (Å²) in [4.78, 5) is 41.6. The van der Waals surface area contributed by atoms with Crippen LogP contribution in [0.2, 0.25) is 0 Å². The summed E-state index contributed by atoms with van der Waals surface area (Å²) in [5.41, 5.74) is 1.48. The van der Waals surface area contributed by atoms with Crippen LogP contribution in [-0.2, 0) is 17.9 Å². The molecule has 2 N–H and O–H groups in total. The highest BCUT2D eigenvalue weighted by Crippen LogP contribution is 2.35. The van der Waals surface area contributed by atoms with Crippen molar-refractivity contribution in [1.82, 2.24) is 20.2 Å². The number of carbonyl (C=O) groups excluding carboxylic acids is 2. The lowest BCUT2D eigenvalue weighted by Crippen LogP contribution is -2.30. The SMILES string of the molecule is CCn1cc(C(=O)NCCCCCC(=O)NCc2ccncc2)c(=O)c2cc3c(cc21)OCO3. The van der Waals surface area contributed by atoms with Crippen molar-refractivity contribution >= 4 is 22.7 Å². The van der Waals surface area contributed by atoms with E-state index in [9.17, 15) is 14.4 Å². The number of aromatic nitrogens is 2. The molecule has 2 amide bonds. The van der Waals surface area contributed by atoms with E-state index < -0.39 is 5.91 Å². The normalized spacial score (nSPS) is 12.0. The lowest BCUT2D eigenvalue weighted by Gasteiger charge is -2.12. The zero-order valence-corrected chi connectivity index (χ0v) is 19.1. The number of nitrogens with zero attached hydrogens (tertiary/aromatic N) is 2. The third kappa shape index (κ3) is 5.36. The Bertz CT molecular complexity index is 1240. The molecule has 3 heterocycles. The second kappa shape index (κ2) is 10.8. The van der Waals surface area contributed by atoms with Crippen molar-refractivity contribution in [3.05, 3.63) is 64.2 Å². The van der Waals surface area contributed by atoms with E-state index in [2.05, 4.69) is 15.6 Å². The van der Waals surface area contributed by atoms with Crippen molar-refractivity contribution in [1.29, 1.82) is 0 Å². The second-order valence-corrected chi connectivity index (χ2v) is 8.08. The topological polar surface area (TPSA) is 112 Å². The van der Waals surface area contributed by atoms with E-state index in [1.165, 1.54) is 0 Å². The van der Waals surface area contributed by atoms with Crippen LogP contribution in [0.25, 0.3) is 10.9 Å². The summed E-state index contributed by atoms with van der Waals surface area (Å²) >= 11 is 0. The molecule has 3 aromatic rings. The molecule has 0 atom stereocenters. The Hall–Kier alpha value is -3.88. The average molecular weight is 465 g/mol. The molecule has 0 fully saturated rings. The van der Waals surface area contributed by atoms with Crippen molar-refractivity contribution < 1.29 is 19.1 Å². The average Bonchev–Trinajstić information content (AvgIpc) is 3.32. The Morgan fingerprint density at radius 3 is 2.59 bits per heavy atom. The number of amides is 2. The number of hydrogen-bond acceptors (Lipinski definition) is 6. The predicted octanol–water partition coefficient (Wildman–Crippen LogP) is 2.75. The minimum absolute atomic E-state index is 0.00186. The van der Waals surface area contributed by atoms with Gasteiger partial charge in [0, 0.05) is 50.7 Å². The van der Waals surface area contributed by atoms with E-state index in [1.54, 1.807) is 30.7 Å². The number of unbranched alkanes of at least 4 members (excludes halogenated alkanes) is 2. The minimum atomic E-state index is -0.401. The van der Waals surface area contributed by atoms with E-state index in [0.717, 1.165) is 24.8 Å². The van der Waals surface area contributed by atoms with Crippen LogP contribution in [0.3, 0.4) is 0 Å². The predicted molar refractivity (Wildman–Crippen MR) is 127 cm³/mol. The van der Waals surface area contributed by atoms with Crippen LogP contribution in [0.15, 0.2) is 47.7 Å². The van der Waals surface area contributed by atoms with E-state index in [-0.39, 0.29) is 23.7 Å². The molecule has 1 aliphatic heterocycles. The Balaban J connectivity index is 1.26. The molecule has 0 unspecified atom stereocenters. The number of hydrogen-bond donors (Lipinski definition) is 2. The molecule has 9 heteroatoms. The summed E-state index contributed by atoms with van der Waals surface area (Å²) in [5.74, 6) is 0.701. The highest BCUT2D eigenvalue weighted by Gasteiger charge is 2.20.